The molecule has 0 spiro atoms. The van der Waals surface area contributed by atoms with Crippen LogP contribution in [-0.4, -0.2) is 6.04 Å². The highest BCUT2D eigenvalue weighted by Crippen LogP contribution is 2.38. The first-order valence-corrected chi connectivity index (χ1v) is 6.43. The lowest BCUT2D eigenvalue weighted by molar-refractivity contribution is 0.276. The molecule has 0 amide bonds. The zero-order valence-electron chi connectivity index (χ0n) is 10.4. The molecule has 0 bridgehead atoms. The smallest absolute Gasteiger partial charge is 0.194 e. The van der Waals surface area contributed by atoms with Gasteiger partial charge in [-0.05, 0) is 36.8 Å². The van der Waals surface area contributed by atoms with Crippen LogP contribution < -0.4 is 5.73 Å². The van der Waals surface area contributed by atoms with Gasteiger partial charge < -0.3 is 5.73 Å². The lowest BCUT2D eigenvalue weighted by Gasteiger charge is -2.34. The van der Waals surface area contributed by atoms with E-state index in [1.165, 1.54) is 6.07 Å². The van der Waals surface area contributed by atoms with E-state index in [9.17, 15) is 13.2 Å². The van der Waals surface area contributed by atoms with E-state index in [-0.39, 0.29) is 17.5 Å². The first-order chi connectivity index (χ1) is 8.54. The molecule has 2 rings (SSSR count). The molecule has 0 heterocycles. The molecule has 18 heavy (non-hydrogen) atoms. The van der Waals surface area contributed by atoms with Crippen LogP contribution in [0.25, 0.3) is 0 Å². The lowest BCUT2D eigenvalue weighted by atomic mass is 9.74. The van der Waals surface area contributed by atoms with Gasteiger partial charge in [0, 0.05) is 12.0 Å². The van der Waals surface area contributed by atoms with Crippen LogP contribution in [0.3, 0.4) is 0 Å². The van der Waals surface area contributed by atoms with Gasteiger partial charge in [-0.1, -0.05) is 19.4 Å². The summed E-state index contributed by atoms with van der Waals surface area (Å²) in [5, 5.41) is 0. The highest BCUT2D eigenvalue weighted by Gasteiger charge is 2.31. The van der Waals surface area contributed by atoms with Crippen molar-refractivity contribution in [2.24, 2.45) is 11.7 Å². The molecule has 0 radical (unpaired) electrons. The van der Waals surface area contributed by atoms with Gasteiger partial charge in [0.1, 0.15) is 0 Å². The van der Waals surface area contributed by atoms with E-state index >= 15 is 0 Å². The van der Waals surface area contributed by atoms with Gasteiger partial charge in [-0.25, -0.2) is 13.2 Å². The third-order valence-electron chi connectivity index (χ3n) is 4.05. The van der Waals surface area contributed by atoms with Crippen molar-refractivity contribution in [2.75, 3.05) is 0 Å². The molecule has 1 aliphatic rings. The summed E-state index contributed by atoms with van der Waals surface area (Å²) in [5.74, 6) is -3.33. The molecule has 3 atom stereocenters. The highest BCUT2D eigenvalue weighted by molar-refractivity contribution is 5.26. The fraction of sp³-hybridized carbons (Fsp3) is 0.571. The summed E-state index contributed by atoms with van der Waals surface area (Å²) in [4.78, 5) is 0. The Labute approximate surface area is 105 Å². The van der Waals surface area contributed by atoms with Crippen molar-refractivity contribution in [1.29, 1.82) is 0 Å². The molecule has 1 saturated carbocycles. The van der Waals surface area contributed by atoms with Gasteiger partial charge in [-0.15, -0.1) is 0 Å². The molecular formula is C14H18F3N. The third kappa shape index (κ3) is 2.39. The second-order valence-corrected chi connectivity index (χ2v) is 5.12. The Morgan fingerprint density at radius 2 is 1.89 bits per heavy atom. The van der Waals surface area contributed by atoms with Gasteiger partial charge in [0.15, 0.2) is 17.5 Å². The van der Waals surface area contributed by atoms with Crippen LogP contribution in [0.2, 0.25) is 0 Å². The van der Waals surface area contributed by atoms with Crippen LogP contribution >= 0.6 is 0 Å². The van der Waals surface area contributed by atoms with Gasteiger partial charge >= 0.3 is 0 Å². The fourth-order valence-corrected chi connectivity index (χ4v) is 2.84. The molecule has 3 unspecified atom stereocenters. The van der Waals surface area contributed by atoms with E-state index < -0.39 is 17.5 Å². The fourth-order valence-electron chi connectivity index (χ4n) is 2.84. The largest absolute Gasteiger partial charge is 0.327 e. The standard InChI is InChI=1S/C14H18F3N/c1-2-8-3-6-12(18)10(7-8)9-4-5-11(15)14(17)13(9)16/h4-5,8,10,12H,2-3,6-7,18H2,1H3. The minimum absolute atomic E-state index is 0.174. The maximum absolute atomic E-state index is 13.8. The molecule has 1 aromatic carbocycles. The number of hydrogen-bond donors (Lipinski definition) is 1. The van der Waals surface area contributed by atoms with Crippen LogP contribution in [0.1, 0.15) is 44.1 Å². The maximum atomic E-state index is 13.8. The molecule has 2 N–H and O–H groups in total. The minimum atomic E-state index is -1.39. The molecule has 1 fully saturated rings. The first-order valence-electron chi connectivity index (χ1n) is 6.43. The monoisotopic (exact) mass is 257 g/mol. The minimum Gasteiger partial charge on any atom is -0.327 e. The maximum Gasteiger partial charge on any atom is 0.194 e. The van der Waals surface area contributed by atoms with Crippen LogP contribution in [0.4, 0.5) is 13.2 Å². The van der Waals surface area contributed by atoms with Gasteiger partial charge in [-0.3, -0.25) is 0 Å². The zero-order valence-corrected chi connectivity index (χ0v) is 10.4. The first kappa shape index (κ1) is 13.4. The number of benzene rings is 1. The molecular weight excluding hydrogens is 239 g/mol. The number of hydrogen-bond acceptors (Lipinski definition) is 1. The predicted octanol–water partition coefficient (Wildman–Crippen LogP) is 3.72. The topological polar surface area (TPSA) is 26.0 Å². The molecule has 1 aromatic rings. The van der Waals surface area contributed by atoms with Crippen molar-refractivity contribution >= 4 is 0 Å². The third-order valence-corrected chi connectivity index (χ3v) is 4.05. The van der Waals surface area contributed by atoms with Crippen molar-refractivity contribution in [2.45, 2.75) is 44.6 Å². The van der Waals surface area contributed by atoms with E-state index in [0.29, 0.717) is 5.92 Å². The highest BCUT2D eigenvalue weighted by atomic mass is 19.2. The van der Waals surface area contributed by atoms with Gasteiger partial charge in [0.05, 0.1) is 0 Å². The van der Waals surface area contributed by atoms with E-state index in [0.717, 1.165) is 31.7 Å². The van der Waals surface area contributed by atoms with Crippen molar-refractivity contribution in [1.82, 2.24) is 0 Å². The molecule has 1 aliphatic carbocycles. The average Bonchev–Trinajstić information content (AvgIpc) is 2.37. The Kier molecular flexibility index (Phi) is 3.95. The van der Waals surface area contributed by atoms with E-state index in [1.807, 2.05) is 0 Å². The molecule has 4 heteroatoms. The SMILES string of the molecule is CCC1CCC(N)C(c2ccc(F)c(F)c2F)C1. The summed E-state index contributed by atoms with van der Waals surface area (Å²) in [6.45, 7) is 2.08. The lowest BCUT2D eigenvalue weighted by Crippen LogP contribution is -2.35. The Balaban J connectivity index is 2.32. The van der Waals surface area contributed by atoms with Crippen LogP contribution in [0, 0.1) is 23.4 Å². The summed E-state index contributed by atoms with van der Waals surface area (Å²) in [7, 11) is 0. The molecule has 0 aliphatic heterocycles. The molecule has 0 saturated heterocycles. The van der Waals surface area contributed by atoms with E-state index in [4.69, 9.17) is 5.73 Å². The van der Waals surface area contributed by atoms with Gasteiger partial charge in [0.25, 0.3) is 0 Å². The van der Waals surface area contributed by atoms with Crippen molar-refractivity contribution in [3.8, 4) is 0 Å². The Bertz CT molecular complexity index is 433. The summed E-state index contributed by atoms with van der Waals surface area (Å²) in [6.07, 6.45) is 3.59. The van der Waals surface area contributed by atoms with E-state index in [1.54, 1.807) is 0 Å². The predicted molar refractivity (Wildman–Crippen MR) is 64.7 cm³/mol. The van der Waals surface area contributed by atoms with Crippen LogP contribution in [0.5, 0.6) is 0 Å². The second kappa shape index (κ2) is 5.31. The van der Waals surface area contributed by atoms with Crippen molar-refractivity contribution < 1.29 is 13.2 Å². The number of rotatable bonds is 2. The summed E-state index contributed by atoms with van der Waals surface area (Å²) < 4.78 is 40.0. The zero-order chi connectivity index (χ0) is 13.3. The summed E-state index contributed by atoms with van der Waals surface area (Å²) in [6, 6.07) is 2.14. The van der Waals surface area contributed by atoms with Crippen molar-refractivity contribution in [3.05, 3.63) is 35.1 Å². The normalized spacial score (nSPS) is 28.4. The van der Waals surface area contributed by atoms with Crippen LogP contribution in [-0.2, 0) is 0 Å². The van der Waals surface area contributed by atoms with Gasteiger partial charge in [0.2, 0.25) is 0 Å². The quantitative estimate of drug-likeness (QED) is 0.803. The number of nitrogens with two attached hydrogens (primary N) is 1. The van der Waals surface area contributed by atoms with Crippen molar-refractivity contribution in [3.63, 3.8) is 0 Å². The molecule has 0 aromatic heterocycles. The van der Waals surface area contributed by atoms with Gasteiger partial charge in [-0.2, -0.15) is 0 Å². The van der Waals surface area contributed by atoms with Crippen LogP contribution in [0.15, 0.2) is 12.1 Å². The Morgan fingerprint density at radius 3 is 2.56 bits per heavy atom. The Morgan fingerprint density at radius 1 is 1.17 bits per heavy atom. The number of halogens is 3. The second-order valence-electron chi connectivity index (χ2n) is 5.12. The summed E-state index contributed by atoms with van der Waals surface area (Å²) >= 11 is 0. The van der Waals surface area contributed by atoms with E-state index in [2.05, 4.69) is 6.92 Å². The molecule has 1 nitrogen and oxygen atoms in total. The average molecular weight is 257 g/mol. The summed E-state index contributed by atoms with van der Waals surface area (Å²) in [5.41, 5.74) is 6.22. The Hall–Kier alpha value is -1.03. The molecule has 100 valence electrons.